The number of thioether (sulfide) groups is 1. The molecule has 0 bridgehead atoms. The van der Waals surface area contributed by atoms with Crippen molar-refractivity contribution in [3.8, 4) is 0 Å². The Hall–Kier alpha value is -0.780. The standard InChI is InChI=1S/C14H20S.5FH/c1-2-12-8-10-14(11-9-12)15-13-6-4-3-5-7-13;;;;;/h3-7,12,14H,2,8-11H2,1H3;5*1H. The van der Waals surface area contributed by atoms with Crippen molar-refractivity contribution in [2.24, 2.45) is 5.92 Å². The fraction of sp³-hybridized carbons (Fsp3) is 0.571. The van der Waals surface area contributed by atoms with Crippen LogP contribution in [0.1, 0.15) is 39.0 Å². The second kappa shape index (κ2) is 14.6. The maximum Gasteiger partial charge on any atom is 0.00946 e. The monoisotopic (exact) mass is 320 g/mol. The lowest BCUT2D eigenvalue weighted by molar-refractivity contribution is 0.356. The third kappa shape index (κ3) is 8.40. The van der Waals surface area contributed by atoms with E-state index in [0.29, 0.717) is 0 Å². The van der Waals surface area contributed by atoms with Crippen LogP contribution in [0.2, 0.25) is 0 Å². The molecule has 0 spiro atoms. The number of benzene rings is 1. The van der Waals surface area contributed by atoms with Crippen molar-refractivity contribution in [3.63, 3.8) is 0 Å². The summed E-state index contributed by atoms with van der Waals surface area (Å²) in [5.41, 5.74) is 0. The normalized spacial score (nSPS) is 19.9. The van der Waals surface area contributed by atoms with Gasteiger partial charge in [-0.25, -0.2) is 0 Å². The minimum absolute atomic E-state index is 0. The van der Waals surface area contributed by atoms with Gasteiger partial charge in [0.2, 0.25) is 0 Å². The van der Waals surface area contributed by atoms with Crippen molar-refractivity contribution >= 4 is 11.8 Å². The molecule has 0 atom stereocenters. The van der Waals surface area contributed by atoms with E-state index in [9.17, 15) is 0 Å². The Bertz CT molecular complexity index is 289. The minimum atomic E-state index is 0. The van der Waals surface area contributed by atoms with E-state index in [-0.39, 0.29) is 23.5 Å². The smallest absolute Gasteiger partial charge is 0.00946 e. The first-order valence-electron chi connectivity index (χ1n) is 6.10. The van der Waals surface area contributed by atoms with Crippen LogP contribution >= 0.6 is 11.8 Å². The molecule has 1 aromatic carbocycles. The Morgan fingerprint density at radius 2 is 1.35 bits per heavy atom. The zero-order valence-electron chi connectivity index (χ0n) is 11.5. The highest BCUT2D eigenvalue weighted by Crippen LogP contribution is 2.36. The molecular formula is C14H25F5S. The summed E-state index contributed by atoms with van der Waals surface area (Å²) >= 11 is 2.08. The summed E-state index contributed by atoms with van der Waals surface area (Å²) in [4.78, 5) is 1.44. The van der Waals surface area contributed by atoms with E-state index < -0.39 is 0 Å². The Kier molecular flexibility index (Phi) is 20.1. The summed E-state index contributed by atoms with van der Waals surface area (Å²) in [6.45, 7) is 2.33. The van der Waals surface area contributed by atoms with Crippen molar-refractivity contribution in [3.05, 3.63) is 30.3 Å². The predicted octanol–water partition coefficient (Wildman–Crippen LogP) is 5.51. The molecule has 1 saturated carbocycles. The Morgan fingerprint density at radius 3 is 1.80 bits per heavy atom. The molecule has 122 valence electrons. The molecule has 20 heavy (non-hydrogen) atoms. The maximum absolute atomic E-state index is 2.33. The van der Waals surface area contributed by atoms with Crippen molar-refractivity contribution in [2.75, 3.05) is 0 Å². The molecule has 0 nitrogen and oxygen atoms in total. The van der Waals surface area contributed by atoms with Gasteiger partial charge in [0.25, 0.3) is 0 Å². The molecule has 6 heteroatoms. The summed E-state index contributed by atoms with van der Waals surface area (Å²) in [6, 6.07) is 10.8. The Balaban J connectivity index is -0.000000256. The molecule has 0 unspecified atom stereocenters. The predicted molar refractivity (Wildman–Crippen MR) is 80.9 cm³/mol. The number of hydrogen-bond acceptors (Lipinski definition) is 1. The molecule has 0 aromatic heterocycles. The third-order valence-corrected chi connectivity index (χ3v) is 4.77. The van der Waals surface area contributed by atoms with Gasteiger partial charge in [-0.2, -0.15) is 0 Å². The molecule has 1 aromatic rings. The summed E-state index contributed by atoms with van der Waals surface area (Å²) in [5.74, 6) is 1.01. The van der Waals surface area contributed by atoms with Crippen LogP contribution in [0.5, 0.6) is 0 Å². The molecule has 1 aliphatic rings. The highest BCUT2D eigenvalue weighted by molar-refractivity contribution is 8.00. The topological polar surface area (TPSA) is 0 Å². The second-order valence-corrected chi connectivity index (χ2v) is 5.86. The van der Waals surface area contributed by atoms with Gasteiger partial charge in [0, 0.05) is 10.1 Å². The lowest BCUT2D eigenvalue weighted by atomic mass is 9.87. The van der Waals surface area contributed by atoms with Gasteiger partial charge in [-0.15, -0.1) is 11.8 Å². The summed E-state index contributed by atoms with van der Waals surface area (Å²) in [7, 11) is 0. The van der Waals surface area contributed by atoms with Crippen LogP contribution in [0.4, 0.5) is 23.5 Å². The third-order valence-electron chi connectivity index (χ3n) is 3.42. The Labute approximate surface area is 121 Å². The van der Waals surface area contributed by atoms with Crippen LogP contribution in [-0.4, -0.2) is 5.25 Å². The lowest BCUT2D eigenvalue weighted by Crippen LogP contribution is -2.15. The molecule has 0 radical (unpaired) electrons. The summed E-state index contributed by atoms with van der Waals surface area (Å²) in [6.07, 6.45) is 7.10. The van der Waals surface area contributed by atoms with E-state index in [0.717, 1.165) is 11.2 Å². The van der Waals surface area contributed by atoms with Crippen LogP contribution in [0.25, 0.3) is 0 Å². The van der Waals surface area contributed by atoms with Gasteiger partial charge in [-0.1, -0.05) is 31.5 Å². The highest BCUT2D eigenvalue weighted by Gasteiger charge is 2.20. The van der Waals surface area contributed by atoms with E-state index in [4.69, 9.17) is 0 Å². The van der Waals surface area contributed by atoms with Gasteiger partial charge in [-0.3, -0.25) is 23.5 Å². The SMILES string of the molecule is CCC1CCC(Sc2ccccc2)CC1.F.F.F.F.F. The molecule has 0 N–H and O–H groups in total. The first-order valence-corrected chi connectivity index (χ1v) is 6.98. The minimum Gasteiger partial charge on any atom is -0.269 e. The fourth-order valence-corrected chi connectivity index (χ4v) is 3.56. The quantitative estimate of drug-likeness (QED) is 0.662. The van der Waals surface area contributed by atoms with Crippen LogP contribution < -0.4 is 0 Å². The summed E-state index contributed by atoms with van der Waals surface area (Å²) in [5, 5.41) is 0.871. The molecule has 2 rings (SSSR count). The van der Waals surface area contributed by atoms with Crippen molar-refractivity contribution in [1.29, 1.82) is 0 Å². The van der Waals surface area contributed by atoms with Gasteiger partial charge in [0.1, 0.15) is 0 Å². The average Bonchev–Trinajstić information content (AvgIpc) is 2.31. The summed E-state index contributed by atoms with van der Waals surface area (Å²) < 4.78 is 0. The van der Waals surface area contributed by atoms with Gasteiger partial charge in [0.15, 0.2) is 0 Å². The zero-order chi connectivity index (χ0) is 10.5. The largest absolute Gasteiger partial charge is 0.269 e. The van der Waals surface area contributed by atoms with Crippen LogP contribution in [0, 0.1) is 5.92 Å². The van der Waals surface area contributed by atoms with Crippen LogP contribution in [-0.2, 0) is 0 Å². The van der Waals surface area contributed by atoms with Crippen molar-refractivity contribution in [1.82, 2.24) is 0 Å². The lowest BCUT2D eigenvalue weighted by Gasteiger charge is -2.27. The molecule has 1 aliphatic carbocycles. The van der Waals surface area contributed by atoms with Crippen LogP contribution in [0.3, 0.4) is 0 Å². The average molecular weight is 320 g/mol. The van der Waals surface area contributed by atoms with E-state index in [1.165, 1.54) is 37.0 Å². The van der Waals surface area contributed by atoms with E-state index >= 15 is 0 Å². The van der Waals surface area contributed by atoms with Gasteiger partial charge in [-0.05, 0) is 43.7 Å². The first kappa shape index (κ1) is 27.5. The fourth-order valence-electron chi connectivity index (χ4n) is 2.35. The first-order chi connectivity index (χ1) is 7.38. The van der Waals surface area contributed by atoms with Crippen LogP contribution in [0.15, 0.2) is 35.2 Å². The zero-order valence-corrected chi connectivity index (χ0v) is 12.3. The molecule has 0 heterocycles. The molecular weight excluding hydrogens is 295 g/mol. The van der Waals surface area contributed by atoms with Crippen molar-refractivity contribution < 1.29 is 23.5 Å². The van der Waals surface area contributed by atoms with Gasteiger partial charge >= 0.3 is 0 Å². The van der Waals surface area contributed by atoms with Crippen molar-refractivity contribution in [2.45, 2.75) is 49.2 Å². The van der Waals surface area contributed by atoms with E-state index in [1.54, 1.807) is 0 Å². The van der Waals surface area contributed by atoms with Gasteiger partial charge in [0.05, 0.1) is 0 Å². The Morgan fingerprint density at radius 1 is 0.850 bits per heavy atom. The second-order valence-electron chi connectivity index (χ2n) is 4.48. The molecule has 1 fully saturated rings. The number of hydrogen-bond donors (Lipinski definition) is 0. The number of halogens is 5. The molecule has 0 amide bonds. The number of rotatable bonds is 3. The van der Waals surface area contributed by atoms with E-state index in [1.807, 2.05) is 0 Å². The molecule has 0 saturated heterocycles. The molecule has 0 aliphatic heterocycles. The van der Waals surface area contributed by atoms with E-state index in [2.05, 4.69) is 49.0 Å². The van der Waals surface area contributed by atoms with Gasteiger partial charge < -0.3 is 0 Å². The highest BCUT2D eigenvalue weighted by atomic mass is 32.2. The maximum atomic E-state index is 2.33.